The van der Waals surface area contributed by atoms with Crippen molar-refractivity contribution in [3.63, 3.8) is 0 Å². The van der Waals surface area contributed by atoms with E-state index < -0.39 is 6.10 Å². The van der Waals surface area contributed by atoms with Gasteiger partial charge in [-0.2, -0.15) is 0 Å². The van der Waals surface area contributed by atoms with Crippen LogP contribution in [0.2, 0.25) is 0 Å². The molecule has 0 fully saturated rings. The molecule has 2 aromatic carbocycles. The van der Waals surface area contributed by atoms with Gasteiger partial charge in [-0.3, -0.25) is 4.79 Å². The van der Waals surface area contributed by atoms with Crippen LogP contribution in [0, 0.1) is 5.82 Å². The van der Waals surface area contributed by atoms with E-state index in [9.17, 15) is 9.18 Å². The van der Waals surface area contributed by atoms with E-state index in [0.717, 1.165) is 25.0 Å². The number of carbonyl (C=O) groups is 1. The smallest absolute Gasteiger partial charge is 0.260 e. The Morgan fingerprint density at radius 1 is 1.15 bits per heavy atom. The van der Waals surface area contributed by atoms with E-state index in [4.69, 9.17) is 9.47 Å². The maximum atomic E-state index is 12.8. The van der Waals surface area contributed by atoms with Gasteiger partial charge in [-0.15, -0.1) is 0 Å². The number of rotatable bonds is 7. The lowest BCUT2D eigenvalue weighted by Gasteiger charge is -2.22. The molecule has 4 nitrogen and oxygen atoms in total. The molecule has 0 heterocycles. The number of benzene rings is 2. The number of halogens is 1. The standard InChI is InChI=1S/C21H24FNO3/c1-15(26-20-8-4-6-16-5-2-3-7-19(16)20)21(24)23-13-14-25-18-11-9-17(22)10-12-18/h4,6,8-12,15H,2-3,5,7,13-14H2,1H3,(H,23,24). The minimum Gasteiger partial charge on any atom is -0.492 e. The largest absolute Gasteiger partial charge is 0.492 e. The molecule has 26 heavy (non-hydrogen) atoms. The Labute approximate surface area is 153 Å². The second kappa shape index (κ2) is 8.70. The molecule has 0 spiro atoms. The fourth-order valence-electron chi connectivity index (χ4n) is 3.12. The van der Waals surface area contributed by atoms with Crippen molar-refractivity contribution in [1.82, 2.24) is 5.32 Å². The predicted octanol–water partition coefficient (Wildman–Crippen LogP) is 3.67. The van der Waals surface area contributed by atoms with Crippen LogP contribution in [-0.2, 0) is 17.6 Å². The molecule has 5 heteroatoms. The molecule has 0 bridgehead atoms. The Kier molecular flexibility index (Phi) is 6.10. The van der Waals surface area contributed by atoms with E-state index in [1.165, 1.54) is 29.7 Å². The summed E-state index contributed by atoms with van der Waals surface area (Å²) in [5.74, 6) is 0.897. The molecule has 0 radical (unpaired) electrons. The van der Waals surface area contributed by atoms with Gasteiger partial charge in [0.15, 0.2) is 6.10 Å². The fourth-order valence-corrected chi connectivity index (χ4v) is 3.12. The van der Waals surface area contributed by atoms with Crippen molar-refractivity contribution in [2.24, 2.45) is 0 Å². The quantitative estimate of drug-likeness (QED) is 0.769. The van der Waals surface area contributed by atoms with Crippen LogP contribution in [0.25, 0.3) is 0 Å². The molecule has 1 unspecified atom stereocenters. The summed E-state index contributed by atoms with van der Waals surface area (Å²) >= 11 is 0. The third kappa shape index (κ3) is 4.75. The summed E-state index contributed by atoms with van der Waals surface area (Å²) in [7, 11) is 0. The highest BCUT2D eigenvalue weighted by molar-refractivity contribution is 5.80. The predicted molar refractivity (Wildman–Crippen MR) is 98.1 cm³/mol. The molecule has 0 saturated carbocycles. The first kappa shape index (κ1) is 18.2. The SMILES string of the molecule is CC(Oc1cccc2c1CCCC2)C(=O)NCCOc1ccc(F)cc1. The normalized spacial score (nSPS) is 14.2. The highest BCUT2D eigenvalue weighted by Gasteiger charge is 2.19. The van der Waals surface area contributed by atoms with Gasteiger partial charge in [0.2, 0.25) is 0 Å². The molecule has 1 atom stereocenters. The van der Waals surface area contributed by atoms with Gasteiger partial charge in [0.05, 0.1) is 6.54 Å². The molecule has 138 valence electrons. The highest BCUT2D eigenvalue weighted by atomic mass is 19.1. The zero-order chi connectivity index (χ0) is 18.4. The average Bonchev–Trinajstić information content (AvgIpc) is 2.66. The van der Waals surface area contributed by atoms with Crippen LogP contribution in [0.15, 0.2) is 42.5 Å². The molecular weight excluding hydrogens is 333 g/mol. The number of carbonyl (C=O) groups excluding carboxylic acids is 1. The summed E-state index contributed by atoms with van der Waals surface area (Å²) in [6.07, 6.45) is 3.88. The number of aryl methyl sites for hydroxylation is 1. The van der Waals surface area contributed by atoms with Crippen LogP contribution in [0.3, 0.4) is 0 Å². The van der Waals surface area contributed by atoms with E-state index >= 15 is 0 Å². The van der Waals surface area contributed by atoms with Crippen molar-refractivity contribution in [3.05, 3.63) is 59.4 Å². The number of nitrogens with one attached hydrogen (secondary N) is 1. The zero-order valence-electron chi connectivity index (χ0n) is 15.0. The summed E-state index contributed by atoms with van der Waals surface area (Å²) in [4.78, 5) is 12.2. The second-order valence-corrected chi connectivity index (χ2v) is 6.45. The molecule has 1 N–H and O–H groups in total. The molecule has 1 aliphatic rings. The molecule has 0 saturated heterocycles. The number of fused-ring (bicyclic) bond motifs is 1. The molecule has 3 rings (SSSR count). The Morgan fingerprint density at radius 3 is 2.73 bits per heavy atom. The third-order valence-corrected chi connectivity index (χ3v) is 4.51. The first-order chi connectivity index (χ1) is 12.6. The number of amides is 1. The molecule has 0 aromatic heterocycles. The topological polar surface area (TPSA) is 47.6 Å². The van der Waals surface area contributed by atoms with Crippen LogP contribution in [0.4, 0.5) is 4.39 Å². The average molecular weight is 357 g/mol. The minimum absolute atomic E-state index is 0.180. The monoisotopic (exact) mass is 357 g/mol. The lowest BCUT2D eigenvalue weighted by atomic mass is 9.91. The first-order valence-corrected chi connectivity index (χ1v) is 9.07. The number of hydrogen-bond donors (Lipinski definition) is 1. The third-order valence-electron chi connectivity index (χ3n) is 4.51. The Morgan fingerprint density at radius 2 is 1.92 bits per heavy atom. The van der Waals surface area contributed by atoms with Gasteiger partial charge < -0.3 is 14.8 Å². The van der Waals surface area contributed by atoms with E-state index in [1.807, 2.05) is 12.1 Å². The Bertz CT molecular complexity index is 745. The molecule has 2 aromatic rings. The van der Waals surface area contributed by atoms with Crippen molar-refractivity contribution in [3.8, 4) is 11.5 Å². The van der Waals surface area contributed by atoms with Crippen LogP contribution in [-0.4, -0.2) is 25.2 Å². The maximum absolute atomic E-state index is 12.8. The molecular formula is C21H24FNO3. The van der Waals surface area contributed by atoms with E-state index in [0.29, 0.717) is 18.9 Å². The maximum Gasteiger partial charge on any atom is 0.260 e. The van der Waals surface area contributed by atoms with E-state index in [1.54, 1.807) is 19.1 Å². The van der Waals surface area contributed by atoms with Gasteiger partial charge in [-0.1, -0.05) is 12.1 Å². The van der Waals surface area contributed by atoms with E-state index in [-0.39, 0.29) is 11.7 Å². The van der Waals surface area contributed by atoms with Gasteiger partial charge in [0, 0.05) is 0 Å². The van der Waals surface area contributed by atoms with Crippen molar-refractivity contribution < 1.29 is 18.7 Å². The van der Waals surface area contributed by atoms with Crippen LogP contribution >= 0.6 is 0 Å². The zero-order valence-corrected chi connectivity index (χ0v) is 15.0. The first-order valence-electron chi connectivity index (χ1n) is 9.07. The minimum atomic E-state index is -0.575. The van der Waals surface area contributed by atoms with Gasteiger partial charge in [-0.05, 0) is 74.1 Å². The summed E-state index contributed by atoms with van der Waals surface area (Å²) < 4.78 is 24.2. The van der Waals surface area contributed by atoms with E-state index in [2.05, 4.69) is 11.4 Å². The summed E-state index contributed by atoms with van der Waals surface area (Å²) in [6, 6.07) is 11.8. The second-order valence-electron chi connectivity index (χ2n) is 6.45. The molecule has 1 aliphatic carbocycles. The molecule has 1 amide bonds. The van der Waals surface area contributed by atoms with Gasteiger partial charge in [-0.25, -0.2) is 4.39 Å². The number of ether oxygens (including phenoxy) is 2. The van der Waals surface area contributed by atoms with Crippen molar-refractivity contribution >= 4 is 5.91 Å². The van der Waals surface area contributed by atoms with Crippen LogP contribution < -0.4 is 14.8 Å². The van der Waals surface area contributed by atoms with Crippen molar-refractivity contribution in [2.45, 2.75) is 38.7 Å². The van der Waals surface area contributed by atoms with Gasteiger partial charge >= 0.3 is 0 Å². The van der Waals surface area contributed by atoms with Crippen molar-refractivity contribution in [2.75, 3.05) is 13.2 Å². The molecule has 0 aliphatic heterocycles. The Hall–Kier alpha value is -2.56. The fraction of sp³-hybridized carbons (Fsp3) is 0.381. The lowest BCUT2D eigenvalue weighted by molar-refractivity contribution is -0.127. The van der Waals surface area contributed by atoms with Gasteiger partial charge in [0.1, 0.15) is 23.9 Å². The van der Waals surface area contributed by atoms with Crippen molar-refractivity contribution in [1.29, 1.82) is 0 Å². The van der Waals surface area contributed by atoms with Gasteiger partial charge in [0.25, 0.3) is 5.91 Å². The Balaban J connectivity index is 1.45. The lowest BCUT2D eigenvalue weighted by Crippen LogP contribution is -2.38. The highest BCUT2D eigenvalue weighted by Crippen LogP contribution is 2.30. The van der Waals surface area contributed by atoms with Crippen LogP contribution in [0.1, 0.15) is 30.9 Å². The van der Waals surface area contributed by atoms with Crippen LogP contribution in [0.5, 0.6) is 11.5 Å². The summed E-state index contributed by atoms with van der Waals surface area (Å²) in [5.41, 5.74) is 2.56. The number of hydrogen-bond acceptors (Lipinski definition) is 3. The summed E-state index contributed by atoms with van der Waals surface area (Å²) in [6.45, 7) is 2.42. The summed E-state index contributed by atoms with van der Waals surface area (Å²) in [5, 5.41) is 2.80.